The summed E-state index contributed by atoms with van der Waals surface area (Å²) >= 11 is 0. The Kier molecular flexibility index (Phi) is 5.76. The van der Waals surface area contributed by atoms with Crippen LogP contribution in [0.2, 0.25) is 0 Å². The monoisotopic (exact) mass is 284 g/mol. The summed E-state index contributed by atoms with van der Waals surface area (Å²) in [6, 6.07) is 13.2. The van der Waals surface area contributed by atoms with Gasteiger partial charge in [-0.2, -0.15) is 0 Å². The molecule has 0 bridgehead atoms. The maximum Gasteiger partial charge on any atom is 0.118 e. The van der Waals surface area contributed by atoms with E-state index in [1.807, 2.05) is 30.6 Å². The Morgan fingerprint density at radius 3 is 2.52 bits per heavy atom. The molecule has 0 radical (unpaired) electrons. The fourth-order valence-corrected chi connectivity index (χ4v) is 2.41. The van der Waals surface area contributed by atoms with E-state index in [9.17, 15) is 0 Å². The molecule has 2 rings (SSSR count). The maximum atomic E-state index is 5.18. The Morgan fingerprint density at radius 1 is 1.14 bits per heavy atom. The third-order valence-electron chi connectivity index (χ3n) is 3.74. The molecule has 0 spiro atoms. The number of nitrogens with zero attached hydrogens (tertiary/aromatic N) is 1. The number of nitrogens with one attached hydrogen (secondary N) is 1. The normalized spacial score (nSPS) is 13.7. The molecule has 1 aromatic carbocycles. The SMILES string of the molecule is COc1ccc(CCC(C)NC(C)c2cccnc2)cc1. The third-order valence-corrected chi connectivity index (χ3v) is 3.74. The second kappa shape index (κ2) is 7.79. The maximum absolute atomic E-state index is 5.18. The van der Waals surface area contributed by atoms with E-state index >= 15 is 0 Å². The number of rotatable bonds is 7. The molecule has 0 aliphatic carbocycles. The van der Waals surface area contributed by atoms with Crippen molar-refractivity contribution in [2.75, 3.05) is 7.11 Å². The van der Waals surface area contributed by atoms with E-state index in [0.29, 0.717) is 12.1 Å². The van der Waals surface area contributed by atoms with Gasteiger partial charge in [-0.1, -0.05) is 18.2 Å². The molecule has 1 heterocycles. The lowest BCUT2D eigenvalue weighted by molar-refractivity contribution is 0.414. The van der Waals surface area contributed by atoms with Crippen LogP contribution in [0.15, 0.2) is 48.8 Å². The molecule has 21 heavy (non-hydrogen) atoms. The Hall–Kier alpha value is -1.87. The summed E-state index contributed by atoms with van der Waals surface area (Å²) in [5.74, 6) is 0.912. The highest BCUT2D eigenvalue weighted by Gasteiger charge is 2.09. The van der Waals surface area contributed by atoms with Crippen molar-refractivity contribution in [2.45, 2.75) is 38.8 Å². The zero-order chi connectivity index (χ0) is 15.1. The number of aryl methyl sites for hydroxylation is 1. The predicted molar refractivity (Wildman–Crippen MR) is 86.6 cm³/mol. The summed E-state index contributed by atoms with van der Waals surface area (Å²) < 4.78 is 5.18. The van der Waals surface area contributed by atoms with Crippen molar-refractivity contribution < 1.29 is 4.74 Å². The van der Waals surface area contributed by atoms with Crippen molar-refractivity contribution in [2.24, 2.45) is 0 Å². The largest absolute Gasteiger partial charge is 0.497 e. The highest BCUT2D eigenvalue weighted by Crippen LogP contribution is 2.15. The van der Waals surface area contributed by atoms with Crippen molar-refractivity contribution in [1.29, 1.82) is 0 Å². The summed E-state index contributed by atoms with van der Waals surface area (Å²) in [6.07, 6.45) is 5.91. The molecule has 3 heteroatoms. The van der Waals surface area contributed by atoms with Gasteiger partial charge in [0.25, 0.3) is 0 Å². The number of hydrogen-bond donors (Lipinski definition) is 1. The van der Waals surface area contributed by atoms with Gasteiger partial charge in [-0.25, -0.2) is 0 Å². The molecule has 0 fully saturated rings. The van der Waals surface area contributed by atoms with Crippen molar-refractivity contribution >= 4 is 0 Å². The lowest BCUT2D eigenvalue weighted by Gasteiger charge is -2.20. The van der Waals surface area contributed by atoms with Gasteiger partial charge in [-0.3, -0.25) is 4.98 Å². The minimum atomic E-state index is 0.324. The molecule has 0 saturated heterocycles. The van der Waals surface area contributed by atoms with Crippen LogP contribution in [-0.4, -0.2) is 18.1 Å². The average molecular weight is 284 g/mol. The molecule has 0 aliphatic rings. The summed E-state index contributed by atoms with van der Waals surface area (Å²) in [6.45, 7) is 4.41. The molecule has 1 aromatic heterocycles. The quantitative estimate of drug-likeness (QED) is 0.840. The van der Waals surface area contributed by atoms with Crippen LogP contribution in [0.4, 0.5) is 0 Å². The number of benzene rings is 1. The van der Waals surface area contributed by atoms with Crippen LogP contribution in [0.25, 0.3) is 0 Å². The smallest absolute Gasteiger partial charge is 0.118 e. The topological polar surface area (TPSA) is 34.1 Å². The molecule has 0 aliphatic heterocycles. The Labute approximate surface area is 127 Å². The van der Waals surface area contributed by atoms with Gasteiger partial charge in [0.1, 0.15) is 5.75 Å². The minimum Gasteiger partial charge on any atom is -0.497 e. The van der Waals surface area contributed by atoms with E-state index < -0.39 is 0 Å². The second-order valence-electron chi connectivity index (χ2n) is 5.46. The summed E-state index contributed by atoms with van der Waals surface area (Å²) in [5.41, 5.74) is 2.58. The van der Waals surface area contributed by atoms with Gasteiger partial charge in [-0.05, 0) is 56.0 Å². The third kappa shape index (κ3) is 4.87. The minimum absolute atomic E-state index is 0.324. The van der Waals surface area contributed by atoms with Crippen LogP contribution < -0.4 is 10.1 Å². The predicted octanol–water partition coefficient (Wildman–Crippen LogP) is 3.76. The van der Waals surface area contributed by atoms with Crippen molar-refractivity contribution in [3.05, 3.63) is 59.9 Å². The summed E-state index contributed by atoms with van der Waals surface area (Å²) in [4.78, 5) is 4.17. The molecule has 1 N–H and O–H groups in total. The molecule has 2 aromatic rings. The van der Waals surface area contributed by atoms with Gasteiger partial charge in [0, 0.05) is 24.5 Å². The second-order valence-corrected chi connectivity index (χ2v) is 5.46. The first-order valence-electron chi connectivity index (χ1n) is 7.48. The van der Waals surface area contributed by atoms with E-state index in [4.69, 9.17) is 4.74 Å². The van der Waals surface area contributed by atoms with E-state index in [1.165, 1.54) is 11.1 Å². The number of ether oxygens (including phenoxy) is 1. The summed E-state index contributed by atoms with van der Waals surface area (Å²) in [5, 5.41) is 3.62. The van der Waals surface area contributed by atoms with Crippen LogP contribution in [-0.2, 0) is 6.42 Å². The molecule has 112 valence electrons. The van der Waals surface area contributed by atoms with Crippen molar-refractivity contribution in [3.8, 4) is 5.75 Å². The molecule has 2 unspecified atom stereocenters. The lowest BCUT2D eigenvalue weighted by atomic mass is 10.0. The van der Waals surface area contributed by atoms with Crippen LogP contribution in [0, 0.1) is 0 Å². The molecular formula is C18H24N2O. The molecule has 0 saturated carbocycles. The molecule has 0 amide bonds. The van der Waals surface area contributed by atoms with Crippen molar-refractivity contribution in [3.63, 3.8) is 0 Å². The zero-order valence-electron chi connectivity index (χ0n) is 13.0. The fraction of sp³-hybridized carbons (Fsp3) is 0.389. The molecule has 2 atom stereocenters. The number of pyridine rings is 1. The van der Waals surface area contributed by atoms with Crippen LogP contribution in [0.1, 0.15) is 37.4 Å². The first-order chi connectivity index (χ1) is 10.2. The van der Waals surface area contributed by atoms with E-state index in [0.717, 1.165) is 18.6 Å². The van der Waals surface area contributed by atoms with Gasteiger partial charge >= 0.3 is 0 Å². The van der Waals surface area contributed by atoms with Gasteiger partial charge in [0.05, 0.1) is 7.11 Å². The fourth-order valence-electron chi connectivity index (χ4n) is 2.41. The van der Waals surface area contributed by atoms with Crippen molar-refractivity contribution in [1.82, 2.24) is 10.3 Å². The van der Waals surface area contributed by atoms with Gasteiger partial charge in [-0.15, -0.1) is 0 Å². The summed E-state index contributed by atoms with van der Waals surface area (Å²) in [7, 11) is 1.70. The standard InChI is InChI=1S/C18H24N2O/c1-14(20-15(2)17-5-4-12-19-13-17)6-7-16-8-10-18(21-3)11-9-16/h4-5,8-15,20H,6-7H2,1-3H3. The highest BCUT2D eigenvalue weighted by atomic mass is 16.5. The van der Waals surface area contributed by atoms with Crippen LogP contribution >= 0.6 is 0 Å². The van der Waals surface area contributed by atoms with E-state index in [-0.39, 0.29) is 0 Å². The lowest BCUT2D eigenvalue weighted by Crippen LogP contribution is -2.29. The van der Waals surface area contributed by atoms with E-state index in [2.05, 4.69) is 42.3 Å². The Bertz CT molecular complexity index is 525. The number of hydrogen-bond acceptors (Lipinski definition) is 3. The molecular weight excluding hydrogens is 260 g/mol. The number of aromatic nitrogens is 1. The zero-order valence-corrected chi connectivity index (χ0v) is 13.0. The Morgan fingerprint density at radius 2 is 1.90 bits per heavy atom. The first-order valence-corrected chi connectivity index (χ1v) is 7.48. The van der Waals surface area contributed by atoms with Gasteiger partial charge in [0.15, 0.2) is 0 Å². The van der Waals surface area contributed by atoms with Crippen LogP contribution in [0.3, 0.4) is 0 Å². The first kappa shape index (κ1) is 15.5. The average Bonchev–Trinajstić information content (AvgIpc) is 2.54. The molecule has 3 nitrogen and oxygen atoms in total. The van der Waals surface area contributed by atoms with Gasteiger partial charge in [0.2, 0.25) is 0 Å². The van der Waals surface area contributed by atoms with E-state index in [1.54, 1.807) is 7.11 Å². The highest BCUT2D eigenvalue weighted by molar-refractivity contribution is 5.27. The Balaban J connectivity index is 1.80. The van der Waals surface area contributed by atoms with Gasteiger partial charge < -0.3 is 10.1 Å². The van der Waals surface area contributed by atoms with Crippen LogP contribution in [0.5, 0.6) is 5.75 Å². The number of methoxy groups -OCH3 is 1.